The molecule has 0 aromatic heterocycles. The molecule has 20 heavy (non-hydrogen) atoms. The summed E-state index contributed by atoms with van der Waals surface area (Å²) in [5, 5.41) is 3.50. The Bertz CT molecular complexity index is 664. The number of fused-ring (bicyclic) bond motifs is 2. The Morgan fingerprint density at radius 3 is 2.55 bits per heavy atom. The van der Waals surface area contributed by atoms with Gasteiger partial charge in [-0.15, -0.1) is 0 Å². The van der Waals surface area contributed by atoms with Gasteiger partial charge in [0.2, 0.25) is 0 Å². The summed E-state index contributed by atoms with van der Waals surface area (Å²) in [5.41, 5.74) is 3.66. The van der Waals surface area contributed by atoms with E-state index in [2.05, 4.69) is 48.6 Å². The predicted molar refractivity (Wildman–Crippen MR) is 83.3 cm³/mol. The van der Waals surface area contributed by atoms with Crippen LogP contribution in [0.4, 0.5) is 11.4 Å². The summed E-state index contributed by atoms with van der Waals surface area (Å²) >= 11 is 1.82. The fourth-order valence-corrected chi connectivity index (χ4v) is 3.64. The number of hydrogen-bond donors (Lipinski definition) is 1. The summed E-state index contributed by atoms with van der Waals surface area (Å²) in [6.45, 7) is 2.13. The molecule has 1 N–H and O–H groups in total. The van der Waals surface area contributed by atoms with Gasteiger partial charge in [0.1, 0.15) is 5.75 Å². The third-order valence-corrected chi connectivity index (χ3v) is 5.05. The van der Waals surface area contributed by atoms with Gasteiger partial charge in [-0.3, -0.25) is 0 Å². The fraction of sp³-hybridized carbons (Fsp3) is 0.294. The topological polar surface area (TPSA) is 21.3 Å². The molecule has 2 aliphatic rings. The third-order valence-electron chi connectivity index (χ3n) is 3.93. The van der Waals surface area contributed by atoms with E-state index in [-0.39, 0.29) is 0 Å². The SMILES string of the molecule is Cc1ccc2c(c1)Sc1cc(OC3CCC3)ccc1N2. The summed E-state index contributed by atoms with van der Waals surface area (Å²) in [4.78, 5) is 2.54. The highest BCUT2D eigenvalue weighted by Gasteiger charge is 2.21. The van der Waals surface area contributed by atoms with Crippen LogP contribution in [0.1, 0.15) is 24.8 Å². The third kappa shape index (κ3) is 2.16. The maximum absolute atomic E-state index is 5.99. The normalized spacial score (nSPS) is 16.6. The van der Waals surface area contributed by atoms with E-state index in [0.717, 1.165) is 5.75 Å². The number of anilines is 2. The van der Waals surface area contributed by atoms with Crippen molar-refractivity contribution < 1.29 is 4.74 Å². The molecule has 1 aliphatic carbocycles. The first-order valence-electron chi connectivity index (χ1n) is 7.14. The van der Waals surface area contributed by atoms with Gasteiger partial charge >= 0.3 is 0 Å². The lowest BCUT2D eigenvalue weighted by molar-refractivity contribution is 0.120. The lowest BCUT2D eigenvalue weighted by Gasteiger charge is -2.27. The highest BCUT2D eigenvalue weighted by atomic mass is 32.2. The van der Waals surface area contributed by atoms with Crippen molar-refractivity contribution in [3.8, 4) is 5.75 Å². The summed E-state index contributed by atoms with van der Waals surface area (Å²) in [5.74, 6) is 0.999. The maximum Gasteiger partial charge on any atom is 0.120 e. The minimum Gasteiger partial charge on any atom is -0.490 e. The second-order valence-corrected chi connectivity index (χ2v) is 6.64. The van der Waals surface area contributed by atoms with Gasteiger partial charge in [0.25, 0.3) is 0 Å². The fourth-order valence-electron chi connectivity index (χ4n) is 2.53. The summed E-state index contributed by atoms with van der Waals surface area (Å²) in [7, 11) is 0. The van der Waals surface area contributed by atoms with E-state index in [1.165, 1.54) is 46.0 Å². The Balaban J connectivity index is 1.62. The van der Waals surface area contributed by atoms with E-state index in [0.29, 0.717) is 6.10 Å². The van der Waals surface area contributed by atoms with E-state index >= 15 is 0 Å². The van der Waals surface area contributed by atoms with Crippen LogP contribution in [0.25, 0.3) is 0 Å². The van der Waals surface area contributed by atoms with Crippen LogP contribution in [0.5, 0.6) is 5.75 Å². The number of ether oxygens (including phenoxy) is 1. The van der Waals surface area contributed by atoms with Crippen molar-refractivity contribution in [3.05, 3.63) is 42.0 Å². The van der Waals surface area contributed by atoms with Crippen molar-refractivity contribution >= 4 is 23.1 Å². The molecule has 1 heterocycles. The van der Waals surface area contributed by atoms with Crippen LogP contribution in [0.3, 0.4) is 0 Å². The van der Waals surface area contributed by atoms with Crippen LogP contribution in [0, 0.1) is 6.92 Å². The van der Waals surface area contributed by atoms with E-state index in [1.807, 2.05) is 11.8 Å². The van der Waals surface area contributed by atoms with Crippen molar-refractivity contribution in [2.24, 2.45) is 0 Å². The average molecular weight is 283 g/mol. The van der Waals surface area contributed by atoms with Gasteiger partial charge in [0, 0.05) is 9.79 Å². The molecule has 1 aliphatic heterocycles. The van der Waals surface area contributed by atoms with Crippen molar-refractivity contribution in [2.75, 3.05) is 5.32 Å². The highest BCUT2D eigenvalue weighted by Crippen LogP contribution is 2.45. The van der Waals surface area contributed by atoms with E-state index in [9.17, 15) is 0 Å². The zero-order valence-corrected chi connectivity index (χ0v) is 12.3. The summed E-state index contributed by atoms with van der Waals surface area (Å²) < 4.78 is 5.99. The number of benzene rings is 2. The van der Waals surface area contributed by atoms with Crippen LogP contribution in [-0.2, 0) is 0 Å². The lowest BCUT2D eigenvalue weighted by atomic mass is 9.96. The zero-order chi connectivity index (χ0) is 13.5. The number of hydrogen-bond acceptors (Lipinski definition) is 3. The van der Waals surface area contributed by atoms with Gasteiger partial charge in [-0.1, -0.05) is 17.8 Å². The Hall–Kier alpha value is -1.61. The Morgan fingerprint density at radius 2 is 1.80 bits per heavy atom. The van der Waals surface area contributed by atoms with E-state index < -0.39 is 0 Å². The van der Waals surface area contributed by atoms with Gasteiger partial charge in [-0.2, -0.15) is 0 Å². The molecule has 0 unspecified atom stereocenters. The van der Waals surface area contributed by atoms with Gasteiger partial charge in [0.05, 0.1) is 17.5 Å². The van der Waals surface area contributed by atoms with Crippen LogP contribution >= 0.6 is 11.8 Å². The lowest BCUT2D eigenvalue weighted by Crippen LogP contribution is -2.24. The van der Waals surface area contributed by atoms with Crippen LogP contribution in [-0.4, -0.2) is 6.10 Å². The molecule has 0 saturated heterocycles. The molecule has 0 atom stereocenters. The minimum atomic E-state index is 0.434. The van der Waals surface area contributed by atoms with Crippen LogP contribution < -0.4 is 10.1 Å². The van der Waals surface area contributed by atoms with Crippen molar-refractivity contribution in [3.63, 3.8) is 0 Å². The largest absolute Gasteiger partial charge is 0.490 e. The van der Waals surface area contributed by atoms with E-state index in [1.54, 1.807) is 0 Å². The molecule has 1 saturated carbocycles. The second kappa shape index (κ2) is 4.74. The highest BCUT2D eigenvalue weighted by molar-refractivity contribution is 7.99. The van der Waals surface area contributed by atoms with Gasteiger partial charge in [-0.05, 0) is 62.1 Å². The monoisotopic (exact) mass is 283 g/mol. The molecule has 3 heteroatoms. The van der Waals surface area contributed by atoms with Gasteiger partial charge in [-0.25, -0.2) is 0 Å². The first kappa shape index (κ1) is 12.2. The minimum absolute atomic E-state index is 0.434. The molecule has 1 fully saturated rings. The summed E-state index contributed by atoms with van der Waals surface area (Å²) in [6.07, 6.45) is 4.14. The maximum atomic E-state index is 5.99. The number of aryl methyl sites for hydroxylation is 1. The second-order valence-electron chi connectivity index (χ2n) is 5.56. The number of rotatable bonds is 2. The molecule has 2 aromatic carbocycles. The van der Waals surface area contributed by atoms with E-state index in [4.69, 9.17) is 4.74 Å². The molecule has 0 amide bonds. The molecular weight excluding hydrogens is 266 g/mol. The number of nitrogens with one attached hydrogen (secondary N) is 1. The average Bonchev–Trinajstić information content (AvgIpc) is 2.40. The Labute approximate surface area is 123 Å². The van der Waals surface area contributed by atoms with Gasteiger partial charge < -0.3 is 10.1 Å². The molecule has 102 valence electrons. The smallest absolute Gasteiger partial charge is 0.120 e. The Kier molecular flexibility index (Phi) is 2.88. The molecule has 0 radical (unpaired) electrons. The quantitative estimate of drug-likeness (QED) is 0.704. The molecule has 2 aromatic rings. The predicted octanol–water partition coefficient (Wildman–Crippen LogP) is 5.13. The first-order valence-corrected chi connectivity index (χ1v) is 7.96. The van der Waals surface area contributed by atoms with Crippen molar-refractivity contribution in [2.45, 2.75) is 42.1 Å². The first-order chi connectivity index (χ1) is 9.78. The van der Waals surface area contributed by atoms with Crippen molar-refractivity contribution in [1.29, 1.82) is 0 Å². The molecule has 2 nitrogen and oxygen atoms in total. The molecule has 0 spiro atoms. The molecular formula is C17H17NOS. The Morgan fingerprint density at radius 1 is 1.05 bits per heavy atom. The summed E-state index contributed by atoms with van der Waals surface area (Å²) in [6, 6.07) is 12.9. The van der Waals surface area contributed by atoms with Crippen molar-refractivity contribution in [1.82, 2.24) is 0 Å². The van der Waals surface area contributed by atoms with Crippen LogP contribution in [0.15, 0.2) is 46.2 Å². The molecule has 0 bridgehead atoms. The zero-order valence-electron chi connectivity index (χ0n) is 11.5. The standard InChI is InChI=1S/C17H17NOS/c1-11-5-7-14-16(9-11)20-17-10-13(6-8-15(17)18-14)19-12-3-2-4-12/h5-10,12,18H,2-4H2,1H3. The van der Waals surface area contributed by atoms with Gasteiger partial charge in [0.15, 0.2) is 0 Å². The molecule has 4 rings (SSSR count). The van der Waals surface area contributed by atoms with Crippen LogP contribution in [0.2, 0.25) is 0 Å².